The van der Waals surface area contributed by atoms with Gasteiger partial charge in [-0.15, -0.1) is 0 Å². The minimum absolute atomic E-state index is 0.221. The summed E-state index contributed by atoms with van der Waals surface area (Å²) in [4.78, 5) is 21.8. The fourth-order valence-corrected chi connectivity index (χ4v) is 1.62. The largest absolute Gasteiger partial charge is 0.468 e. The van der Waals surface area contributed by atoms with Crippen molar-refractivity contribution in [3.05, 3.63) is 18.1 Å². The van der Waals surface area contributed by atoms with Crippen LogP contribution in [0.3, 0.4) is 0 Å². The highest BCUT2D eigenvalue weighted by Crippen LogP contribution is 2.17. The zero-order chi connectivity index (χ0) is 13.5. The predicted octanol–water partition coefficient (Wildman–Crippen LogP) is 1.99. The van der Waals surface area contributed by atoms with Crippen LogP contribution >= 0.6 is 0 Å². The molecule has 0 fully saturated rings. The van der Waals surface area contributed by atoms with Gasteiger partial charge in [-0.1, -0.05) is 20.8 Å². The van der Waals surface area contributed by atoms with Crippen LogP contribution in [0.2, 0.25) is 0 Å². The van der Waals surface area contributed by atoms with Crippen LogP contribution in [0.25, 0.3) is 0 Å². The molecule has 1 aromatic heterocycles. The molecule has 0 saturated heterocycles. The predicted molar refractivity (Wildman–Crippen MR) is 70.6 cm³/mol. The second kappa shape index (κ2) is 6.93. The van der Waals surface area contributed by atoms with Gasteiger partial charge in [0.2, 0.25) is 0 Å². The van der Waals surface area contributed by atoms with Gasteiger partial charge in [0.05, 0.1) is 7.11 Å². The third-order valence-corrected chi connectivity index (χ3v) is 2.63. The summed E-state index contributed by atoms with van der Waals surface area (Å²) in [6.45, 7) is 7.21. The highest BCUT2D eigenvalue weighted by Gasteiger charge is 2.13. The number of hydrogen-bond donors (Lipinski definition) is 0. The Hall–Kier alpha value is -1.65. The standard InChI is InChI=1S/C13H21N3O2/c1-5-6-16(8-13(17)18-4)12-7-11(10(2)3)14-9-15-12/h7,9-10H,5-6,8H2,1-4H3. The number of esters is 1. The second-order valence-corrected chi connectivity index (χ2v) is 4.45. The number of hydrogen-bond acceptors (Lipinski definition) is 5. The molecule has 0 aliphatic rings. The average Bonchev–Trinajstić information content (AvgIpc) is 2.38. The van der Waals surface area contributed by atoms with Crippen LogP contribution < -0.4 is 4.90 Å². The molecule has 0 spiro atoms. The van der Waals surface area contributed by atoms with Crippen molar-refractivity contribution in [2.45, 2.75) is 33.1 Å². The van der Waals surface area contributed by atoms with E-state index in [1.165, 1.54) is 7.11 Å². The summed E-state index contributed by atoms with van der Waals surface area (Å²) >= 11 is 0. The van der Waals surface area contributed by atoms with E-state index < -0.39 is 0 Å². The Labute approximate surface area is 108 Å². The molecule has 0 amide bonds. The van der Waals surface area contributed by atoms with Gasteiger partial charge in [0.15, 0.2) is 0 Å². The molecule has 18 heavy (non-hydrogen) atoms. The van der Waals surface area contributed by atoms with Crippen molar-refractivity contribution in [1.82, 2.24) is 9.97 Å². The van der Waals surface area contributed by atoms with Crippen molar-refractivity contribution >= 4 is 11.8 Å². The number of methoxy groups -OCH3 is 1. The van der Waals surface area contributed by atoms with E-state index in [4.69, 9.17) is 4.74 Å². The van der Waals surface area contributed by atoms with Crippen LogP contribution in [0.5, 0.6) is 0 Å². The van der Waals surface area contributed by atoms with Gasteiger partial charge < -0.3 is 9.64 Å². The van der Waals surface area contributed by atoms with Crippen molar-refractivity contribution in [3.8, 4) is 0 Å². The van der Waals surface area contributed by atoms with E-state index in [0.29, 0.717) is 5.92 Å². The lowest BCUT2D eigenvalue weighted by molar-refractivity contribution is -0.138. The zero-order valence-electron chi connectivity index (χ0n) is 11.5. The minimum atomic E-state index is -0.256. The molecule has 0 atom stereocenters. The maximum Gasteiger partial charge on any atom is 0.325 e. The van der Waals surface area contributed by atoms with Crippen LogP contribution in [-0.4, -0.2) is 36.1 Å². The third-order valence-electron chi connectivity index (χ3n) is 2.63. The Balaban J connectivity index is 2.90. The van der Waals surface area contributed by atoms with Gasteiger partial charge in [-0.25, -0.2) is 9.97 Å². The van der Waals surface area contributed by atoms with Crippen molar-refractivity contribution in [3.63, 3.8) is 0 Å². The molecule has 0 aromatic carbocycles. The van der Waals surface area contributed by atoms with E-state index in [-0.39, 0.29) is 12.5 Å². The lowest BCUT2D eigenvalue weighted by Crippen LogP contribution is -2.32. The monoisotopic (exact) mass is 251 g/mol. The Morgan fingerprint density at radius 2 is 2.17 bits per heavy atom. The highest BCUT2D eigenvalue weighted by atomic mass is 16.5. The second-order valence-electron chi connectivity index (χ2n) is 4.45. The normalized spacial score (nSPS) is 10.5. The Kier molecular flexibility index (Phi) is 5.55. The molecule has 5 nitrogen and oxygen atoms in total. The fourth-order valence-electron chi connectivity index (χ4n) is 1.62. The molecule has 5 heteroatoms. The average molecular weight is 251 g/mol. The topological polar surface area (TPSA) is 55.3 Å². The van der Waals surface area contributed by atoms with Crippen LogP contribution in [0.4, 0.5) is 5.82 Å². The Bertz CT molecular complexity index is 394. The maximum absolute atomic E-state index is 11.4. The van der Waals surface area contributed by atoms with Crippen molar-refractivity contribution < 1.29 is 9.53 Å². The molecule has 0 aliphatic heterocycles. The number of carbonyl (C=O) groups excluding carboxylic acids is 1. The maximum atomic E-state index is 11.4. The molecule has 0 bridgehead atoms. The van der Waals surface area contributed by atoms with Crippen LogP contribution in [0.1, 0.15) is 38.8 Å². The molecule has 1 heterocycles. The quantitative estimate of drug-likeness (QED) is 0.724. The Morgan fingerprint density at radius 3 is 2.72 bits per heavy atom. The molecule has 0 N–H and O–H groups in total. The zero-order valence-corrected chi connectivity index (χ0v) is 11.5. The number of anilines is 1. The van der Waals surface area contributed by atoms with Gasteiger partial charge in [0.25, 0.3) is 0 Å². The highest BCUT2D eigenvalue weighted by molar-refractivity contribution is 5.75. The van der Waals surface area contributed by atoms with Gasteiger partial charge in [0, 0.05) is 18.3 Å². The van der Waals surface area contributed by atoms with E-state index >= 15 is 0 Å². The molecular weight excluding hydrogens is 230 g/mol. The smallest absolute Gasteiger partial charge is 0.325 e. The number of rotatable bonds is 6. The van der Waals surface area contributed by atoms with Crippen LogP contribution in [0, 0.1) is 0 Å². The first-order chi connectivity index (χ1) is 8.58. The van der Waals surface area contributed by atoms with Crippen molar-refractivity contribution in [2.75, 3.05) is 25.1 Å². The molecule has 0 radical (unpaired) electrons. The van der Waals surface area contributed by atoms with Crippen molar-refractivity contribution in [1.29, 1.82) is 0 Å². The minimum Gasteiger partial charge on any atom is -0.468 e. The van der Waals surface area contributed by atoms with Gasteiger partial charge in [0.1, 0.15) is 18.7 Å². The third kappa shape index (κ3) is 3.98. The molecule has 1 rings (SSSR count). The summed E-state index contributed by atoms with van der Waals surface area (Å²) in [5.41, 5.74) is 0.978. The first kappa shape index (κ1) is 14.4. The van der Waals surface area contributed by atoms with E-state index in [9.17, 15) is 4.79 Å². The number of ether oxygens (including phenoxy) is 1. The first-order valence-corrected chi connectivity index (χ1v) is 6.22. The number of nitrogens with zero attached hydrogens (tertiary/aromatic N) is 3. The van der Waals surface area contributed by atoms with Gasteiger partial charge in [-0.05, 0) is 12.3 Å². The van der Waals surface area contributed by atoms with E-state index in [2.05, 4.69) is 30.7 Å². The fraction of sp³-hybridized carbons (Fsp3) is 0.615. The van der Waals surface area contributed by atoms with Gasteiger partial charge in [-0.3, -0.25) is 4.79 Å². The van der Waals surface area contributed by atoms with Gasteiger partial charge in [-0.2, -0.15) is 0 Å². The van der Waals surface area contributed by atoms with Crippen LogP contribution in [-0.2, 0) is 9.53 Å². The molecule has 100 valence electrons. The Morgan fingerprint density at radius 1 is 1.44 bits per heavy atom. The lowest BCUT2D eigenvalue weighted by Gasteiger charge is -2.22. The summed E-state index contributed by atoms with van der Waals surface area (Å²) < 4.78 is 4.70. The SMILES string of the molecule is CCCN(CC(=O)OC)c1cc(C(C)C)ncn1. The molecule has 0 saturated carbocycles. The molecule has 0 aliphatic carbocycles. The molecule has 1 aromatic rings. The van der Waals surface area contributed by atoms with Gasteiger partial charge >= 0.3 is 5.97 Å². The van der Waals surface area contributed by atoms with Crippen LogP contribution in [0.15, 0.2) is 12.4 Å². The number of aromatic nitrogens is 2. The summed E-state index contributed by atoms with van der Waals surface area (Å²) in [7, 11) is 1.39. The molecule has 0 unspecified atom stereocenters. The van der Waals surface area contributed by atoms with E-state index in [1.807, 2.05) is 11.0 Å². The lowest BCUT2D eigenvalue weighted by atomic mass is 10.1. The van der Waals surface area contributed by atoms with E-state index in [0.717, 1.165) is 24.5 Å². The first-order valence-electron chi connectivity index (χ1n) is 6.22. The summed E-state index contributed by atoms with van der Waals surface area (Å²) in [5, 5.41) is 0. The number of carbonyl (C=O) groups is 1. The summed E-state index contributed by atoms with van der Waals surface area (Å²) in [6, 6.07) is 1.93. The summed E-state index contributed by atoms with van der Waals surface area (Å²) in [6.07, 6.45) is 2.49. The molecular formula is C13H21N3O2. The van der Waals surface area contributed by atoms with Crippen molar-refractivity contribution in [2.24, 2.45) is 0 Å². The summed E-state index contributed by atoms with van der Waals surface area (Å²) in [5.74, 6) is 0.863. The van der Waals surface area contributed by atoms with E-state index in [1.54, 1.807) is 6.33 Å².